The Balaban J connectivity index is 2.10. The second-order valence-electron chi connectivity index (χ2n) is 4.80. The van der Waals surface area contributed by atoms with Gasteiger partial charge in [-0.1, -0.05) is 19.8 Å². The van der Waals surface area contributed by atoms with E-state index in [1.807, 2.05) is 0 Å². The lowest BCUT2D eigenvalue weighted by atomic mass is 9.99. The summed E-state index contributed by atoms with van der Waals surface area (Å²) in [5, 5.41) is 3.63. The van der Waals surface area contributed by atoms with Crippen LogP contribution in [0.25, 0.3) is 0 Å². The van der Waals surface area contributed by atoms with E-state index in [9.17, 15) is 0 Å². The molecule has 0 aromatic carbocycles. The van der Waals surface area contributed by atoms with Gasteiger partial charge in [0.25, 0.3) is 0 Å². The number of ether oxygens (including phenoxy) is 1. The van der Waals surface area contributed by atoms with Gasteiger partial charge in [0.05, 0.1) is 0 Å². The molecule has 1 aliphatic carbocycles. The third kappa shape index (κ3) is 3.97. The molecule has 2 heteroatoms. The van der Waals surface area contributed by atoms with Crippen LogP contribution in [0.1, 0.15) is 39.5 Å². The van der Waals surface area contributed by atoms with Gasteiger partial charge in [0.2, 0.25) is 0 Å². The minimum absolute atomic E-state index is 0.629. The van der Waals surface area contributed by atoms with Gasteiger partial charge in [0.1, 0.15) is 0 Å². The lowest BCUT2D eigenvalue weighted by Crippen LogP contribution is -2.36. The Morgan fingerprint density at radius 2 is 1.93 bits per heavy atom. The van der Waals surface area contributed by atoms with Gasteiger partial charge in [-0.25, -0.2) is 0 Å². The van der Waals surface area contributed by atoms with Gasteiger partial charge in [-0.2, -0.15) is 0 Å². The average Bonchev–Trinajstić information content (AvgIpc) is 2.67. The Morgan fingerprint density at radius 3 is 2.50 bits per heavy atom. The van der Waals surface area contributed by atoms with Crippen molar-refractivity contribution >= 4 is 0 Å². The summed E-state index contributed by atoms with van der Waals surface area (Å²) in [6.45, 7) is 6.52. The Morgan fingerprint density at radius 1 is 1.29 bits per heavy atom. The third-order valence-electron chi connectivity index (χ3n) is 3.35. The summed E-state index contributed by atoms with van der Waals surface area (Å²) >= 11 is 0. The third-order valence-corrected chi connectivity index (χ3v) is 3.35. The predicted molar refractivity (Wildman–Crippen MR) is 60.5 cm³/mol. The summed E-state index contributed by atoms with van der Waals surface area (Å²) in [5.74, 6) is 1.55. The van der Waals surface area contributed by atoms with E-state index < -0.39 is 0 Å². The second kappa shape index (κ2) is 6.41. The van der Waals surface area contributed by atoms with Crippen LogP contribution < -0.4 is 5.32 Å². The highest BCUT2D eigenvalue weighted by molar-refractivity contribution is 4.77. The highest BCUT2D eigenvalue weighted by Crippen LogP contribution is 2.27. The van der Waals surface area contributed by atoms with Crippen LogP contribution in [0.4, 0.5) is 0 Å². The standard InChI is InChI=1S/C12H25NO/c1-10(9-14-3)8-13-11(2)12-6-4-5-7-12/h10-13H,4-9H2,1-3H3. The van der Waals surface area contributed by atoms with E-state index in [4.69, 9.17) is 4.74 Å². The van der Waals surface area contributed by atoms with Crippen LogP contribution in [-0.2, 0) is 4.74 Å². The zero-order valence-electron chi connectivity index (χ0n) is 9.88. The maximum Gasteiger partial charge on any atom is 0.0499 e. The van der Waals surface area contributed by atoms with Crippen molar-refractivity contribution in [1.82, 2.24) is 5.32 Å². The number of nitrogens with one attached hydrogen (secondary N) is 1. The fraction of sp³-hybridized carbons (Fsp3) is 1.00. The van der Waals surface area contributed by atoms with E-state index in [2.05, 4.69) is 19.2 Å². The van der Waals surface area contributed by atoms with Crippen molar-refractivity contribution in [3.8, 4) is 0 Å². The first kappa shape index (κ1) is 12.0. The molecule has 0 bridgehead atoms. The molecule has 14 heavy (non-hydrogen) atoms. The summed E-state index contributed by atoms with van der Waals surface area (Å²) in [7, 11) is 1.77. The van der Waals surface area contributed by atoms with Crippen molar-refractivity contribution in [3.05, 3.63) is 0 Å². The molecule has 0 saturated heterocycles. The first-order valence-corrected chi connectivity index (χ1v) is 5.96. The van der Waals surface area contributed by atoms with Crippen molar-refractivity contribution in [1.29, 1.82) is 0 Å². The first-order valence-electron chi connectivity index (χ1n) is 5.96. The zero-order valence-corrected chi connectivity index (χ0v) is 9.88. The van der Waals surface area contributed by atoms with Crippen LogP contribution in [0.15, 0.2) is 0 Å². The molecular weight excluding hydrogens is 174 g/mol. The molecule has 1 aliphatic rings. The van der Waals surface area contributed by atoms with E-state index in [0.717, 1.165) is 19.1 Å². The fourth-order valence-electron chi connectivity index (χ4n) is 2.35. The molecule has 1 N–H and O–H groups in total. The Bertz CT molecular complexity index is 143. The summed E-state index contributed by atoms with van der Waals surface area (Å²) in [6.07, 6.45) is 5.72. The van der Waals surface area contributed by atoms with E-state index in [1.165, 1.54) is 25.7 Å². The van der Waals surface area contributed by atoms with Crippen molar-refractivity contribution in [3.63, 3.8) is 0 Å². The molecule has 2 nitrogen and oxygen atoms in total. The van der Waals surface area contributed by atoms with E-state index in [1.54, 1.807) is 7.11 Å². The smallest absolute Gasteiger partial charge is 0.0499 e. The summed E-state index contributed by atoms with van der Waals surface area (Å²) in [4.78, 5) is 0. The maximum atomic E-state index is 5.12. The van der Waals surface area contributed by atoms with Crippen LogP contribution >= 0.6 is 0 Å². The number of hydrogen-bond acceptors (Lipinski definition) is 2. The van der Waals surface area contributed by atoms with Gasteiger partial charge in [-0.3, -0.25) is 0 Å². The topological polar surface area (TPSA) is 21.3 Å². The summed E-state index contributed by atoms with van der Waals surface area (Å²) in [5.41, 5.74) is 0. The van der Waals surface area contributed by atoms with E-state index in [-0.39, 0.29) is 0 Å². The molecule has 1 rings (SSSR count). The summed E-state index contributed by atoms with van der Waals surface area (Å²) in [6, 6.07) is 0.691. The Labute approximate surface area is 88.4 Å². The monoisotopic (exact) mass is 199 g/mol. The number of hydrogen-bond donors (Lipinski definition) is 1. The molecule has 0 heterocycles. The zero-order chi connectivity index (χ0) is 10.4. The molecule has 1 fully saturated rings. The van der Waals surface area contributed by atoms with Gasteiger partial charge in [0, 0.05) is 26.3 Å². The molecule has 2 atom stereocenters. The highest BCUT2D eigenvalue weighted by atomic mass is 16.5. The highest BCUT2D eigenvalue weighted by Gasteiger charge is 2.21. The SMILES string of the molecule is COCC(C)CNC(C)C1CCCC1. The molecule has 0 aromatic rings. The van der Waals surface area contributed by atoms with E-state index in [0.29, 0.717) is 12.0 Å². The quantitative estimate of drug-likeness (QED) is 0.709. The van der Waals surface area contributed by atoms with Gasteiger partial charge >= 0.3 is 0 Å². The molecule has 0 radical (unpaired) electrons. The molecule has 84 valence electrons. The van der Waals surface area contributed by atoms with Gasteiger partial charge in [-0.15, -0.1) is 0 Å². The molecule has 0 amide bonds. The van der Waals surface area contributed by atoms with Crippen LogP contribution in [0.2, 0.25) is 0 Å². The first-order chi connectivity index (χ1) is 6.74. The minimum atomic E-state index is 0.629. The normalized spacial score (nSPS) is 22.5. The van der Waals surface area contributed by atoms with Crippen LogP contribution in [-0.4, -0.2) is 26.3 Å². The number of methoxy groups -OCH3 is 1. The molecule has 2 unspecified atom stereocenters. The van der Waals surface area contributed by atoms with Crippen molar-refractivity contribution in [2.45, 2.75) is 45.6 Å². The minimum Gasteiger partial charge on any atom is -0.384 e. The van der Waals surface area contributed by atoms with Crippen molar-refractivity contribution in [2.24, 2.45) is 11.8 Å². The van der Waals surface area contributed by atoms with Crippen molar-refractivity contribution < 1.29 is 4.74 Å². The van der Waals surface area contributed by atoms with E-state index >= 15 is 0 Å². The molecule has 1 saturated carbocycles. The summed E-state index contributed by atoms with van der Waals surface area (Å²) < 4.78 is 5.12. The fourth-order valence-corrected chi connectivity index (χ4v) is 2.35. The van der Waals surface area contributed by atoms with Crippen LogP contribution in [0.3, 0.4) is 0 Å². The maximum absolute atomic E-state index is 5.12. The lowest BCUT2D eigenvalue weighted by Gasteiger charge is -2.22. The van der Waals surface area contributed by atoms with Gasteiger partial charge in [-0.05, 0) is 31.6 Å². The largest absolute Gasteiger partial charge is 0.384 e. The predicted octanol–water partition coefficient (Wildman–Crippen LogP) is 2.44. The van der Waals surface area contributed by atoms with Crippen LogP contribution in [0.5, 0.6) is 0 Å². The molecular formula is C12H25NO. The Kier molecular flexibility index (Phi) is 5.49. The average molecular weight is 199 g/mol. The molecule has 0 aromatic heterocycles. The molecule has 0 aliphatic heterocycles. The van der Waals surface area contributed by atoms with Crippen LogP contribution in [0, 0.1) is 11.8 Å². The van der Waals surface area contributed by atoms with Gasteiger partial charge in [0.15, 0.2) is 0 Å². The number of rotatable bonds is 6. The van der Waals surface area contributed by atoms with Gasteiger partial charge < -0.3 is 10.1 Å². The lowest BCUT2D eigenvalue weighted by molar-refractivity contribution is 0.155. The molecule has 0 spiro atoms. The Hall–Kier alpha value is -0.0800. The van der Waals surface area contributed by atoms with Crippen molar-refractivity contribution in [2.75, 3.05) is 20.3 Å². The second-order valence-corrected chi connectivity index (χ2v) is 4.80.